The molecule has 0 amide bonds. The van der Waals surface area contributed by atoms with Gasteiger partial charge in [-0.05, 0) is 18.2 Å². The van der Waals surface area contributed by atoms with E-state index < -0.39 is 0 Å². The standard InChI is InChI=1S/C9H10Cl2N2/c10-6-1-2-9(8(11)3-6)13-4-7(12)5-13/h1-3,7H,4-5,12H2. The average Bonchev–Trinajstić information content (AvgIpc) is 2.00. The zero-order chi connectivity index (χ0) is 9.42. The van der Waals surface area contributed by atoms with Crippen molar-refractivity contribution in [3.8, 4) is 0 Å². The third kappa shape index (κ3) is 1.75. The largest absolute Gasteiger partial charge is 0.367 e. The third-order valence-electron chi connectivity index (χ3n) is 2.16. The first-order chi connectivity index (χ1) is 6.16. The quantitative estimate of drug-likeness (QED) is 0.780. The summed E-state index contributed by atoms with van der Waals surface area (Å²) < 4.78 is 0. The van der Waals surface area contributed by atoms with Crippen LogP contribution in [0.3, 0.4) is 0 Å². The van der Waals surface area contributed by atoms with Crippen LogP contribution >= 0.6 is 23.2 Å². The number of hydrogen-bond donors (Lipinski definition) is 1. The lowest BCUT2D eigenvalue weighted by atomic mass is 10.1. The van der Waals surface area contributed by atoms with E-state index in [1.165, 1.54) is 0 Å². The second-order valence-electron chi connectivity index (χ2n) is 3.26. The van der Waals surface area contributed by atoms with Crippen molar-refractivity contribution in [2.45, 2.75) is 6.04 Å². The van der Waals surface area contributed by atoms with E-state index in [2.05, 4.69) is 4.90 Å². The minimum atomic E-state index is 0.284. The highest BCUT2D eigenvalue weighted by Crippen LogP contribution is 2.30. The van der Waals surface area contributed by atoms with Crippen molar-refractivity contribution in [2.75, 3.05) is 18.0 Å². The lowest BCUT2D eigenvalue weighted by Gasteiger charge is -2.39. The first-order valence-electron chi connectivity index (χ1n) is 4.12. The molecule has 1 aliphatic rings. The summed E-state index contributed by atoms with van der Waals surface area (Å²) in [5.74, 6) is 0. The summed E-state index contributed by atoms with van der Waals surface area (Å²) >= 11 is 11.8. The van der Waals surface area contributed by atoms with Gasteiger partial charge in [0.2, 0.25) is 0 Å². The van der Waals surface area contributed by atoms with Crippen LogP contribution in [0.5, 0.6) is 0 Å². The maximum atomic E-state index is 6.02. The molecule has 4 heteroatoms. The van der Waals surface area contributed by atoms with Gasteiger partial charge in [-0.1, -0.05) is 23.2 Å². The molecule has 70 valence electrons. The van der Waals surface area contributed by atoms with Gasteiger partial charge < -0.3 is 10.6 Å². The van der Waals surface area contributed by atoms with E-state index in [1.54, 1.807) is 6.07 Å². The minimum absolute atomic E-state index is 0.284. The first kappa shape index (κ1) is 9.13. The Kier molecular flexibility index (Phi) is 2.37. The summed E-state index contributed by atoms with van der Waals surface area (Å²) in [5, 5.41) is 1.36. The SMILES string of the molecule is NC1CN(c2ccc(Cl)cc2Cl)C1. The van der Waals surface area contributed by atoms with Crippen LogP contribution in [0.2, 0.25) is 10.0 Å². The van der Waals surface area contributed by atoms with Gasteiger partial charge in [-0.3, -0.25) is 0 Å². The van der Waals surface area contributed by atoms with Crippen molar-refractivity contribution in [3.63, 3.8) is 0 Å². The van der Waals surface area contributed by atoms with Crippen LogP contribution < -0.4 is 10.6 Å². The van der Waals surface area contributed by atoms with Crippen LogP contribution in [-0.2, 0) is 0 Å². The molecule has 0 aliphatic carbocycles. The maximum Gasteiger partial charge on any atom is 0.0654 e. The molecule has 2 nitrogen and oxygen atoms in total. The Morgan fingerprint density at radius 1 is 1.31 bits per heavy atom. The molecule has 1 fully saturated rings. The second kappa shape index (κ2) is 3.37. The number of hydrogen-bond acceptors (Lipinski definition) is 2. The van der Waals surface area contributed by atoms with Crippen molar-refractivity contribution >= 4 is 28.9 Å². The molecule has 0 saturated carbocycles. The van der Waals surface area contributed by atoms with Crippen molar-refractivity contribution in [1.29, 1.82) is 0 Å². The maximum absolute atomic E-state index is 6.02. The van der Waals surface area contributed by atoms with Gasteiger partial charge in [0.25, 0.3) is 0 Å². The number of benzene rings is 1. The van der Waals surface area contributed by atoms with E-state index in [0.717, 1.165) is 18.8 Å². The van der Waals surface area contributed by atoms with E-state index in [0.29, 0.717) is 10.0 Å². The fourth-order valence-corrected chi connectivity index (χ4v) is 1.98. The van der Waals surface area contributed by atoms with Gasteiger partial charge in [-0.15, -0.1) is 0 Å². The van der Waals surface area contributed by atoms with Gasteiger partial charge in [0.1, 0.15) is 0 Å². The highest BCUT2D eigenvalue weighted by atomic mass is 35.5. The summed E-state index contributed by atoms with van der Waals surface area (Å²) in [6.07, 6.45) is 0. The smallest absolute Gasteiger partial charge is 0.0654 e. The predicted octanol–water partition coefficient (Wildman–Crippen LogP) is 2.14. The first-order valence-corrected chi connectivity index (χ1v) is 4.88. The summed E-state index contributed by atoms with van der Waals surface area (Å²) in [5.41, 5.74) is 6.70. The van der Waals surface area contributed by atoms with Crippen LogP contribution in [0.1, 0.15) is 0 Å². The Balaban J connectivity index is 2.21. The molecular weight excluding hydrogens is 207 g/mol. The molecule has 2 rings (SSSR count). The molecule has 0 spiro atoms. The third-order valence-corrected chi connectivity index (χ3v) is 2.70. The van der Waals surface area contributed by atoms with E-state index >= 15 is 0 Å². The van der Waals surface area contributed by atoms with Crippen LogP contribution in [0, 0.1) is 0 Å². The molecule has 0 bridgehead atoms. The fraction of sp³-hybridized carbons (Fsp3) is 0.333. The Morgan fingerprint density at radius 3 is 2.54 bits per heavy atom. The molecule has 1 saturated heterocycles. The van der Waals surface area contributed by atoms with Crippen LogP contribution in [0.4, 0.5) is 5.69 Å². The van der Waals surface area contributed by atoms with E-state index in [1.807, 2.05) is 12.1 Å². The number of halogens is 2. The number of anilines is 1. The summed E-state index contributed by atoms with van der Waals surface area (Å²) in [7, 11) is 0. The van der Waals surface area contributed by atoms with E-state index in [9.17, 15) is 0 Å². The van der Waals surface area contributed by atoms with Gasteiger partial charge >= 0.3 is 0 Å². The normalized spacial score (nSPS) is 17.3. The molecule has 0 radical (unpaired) electrons. The fourth-order valence-electron chi connectivity index (χ4n) is 1.45. The zero-order valence-electron chi connectivity index (χ0n) is 7.00. The zero-order valence-corrected chi connectivity index (χ0v) is 8.52. The molecule has 1 aliphatic heterocycles. The van der Waals surface area contributed by atoms with Gasteiger partial charge in [-0.2, -0.15) is 0 Å². The highest BCUT2D eigenvalue weighted by molar-refractivity contribution is 6.36. The average molecular weight is 217 g/mol. The van der Waals surface area contributed by atoms with Gasteiger partial charge in [0.05, 0.1) is 10.7 Å². The van der Waals surface area contributed by atoms with Crippen molar-refractivity contribution in [2.24, 2.45) is 5.73 Å². The number of nitrogens with zero attached hydrogens (tertiary/aromatic N) is 1. The molecule has 1 aromatic carbocycles. The monoisotopic (exact) mass is 216 g/mol. The lowest BCUT2D eigenvalue weighted by molar-refractivity contribution is 0.519. The molecule has 2 N–H and O–H groups in total. The van der Waals surface area contributed by atoms with Gasteiger partial charge in [0, 0.05) is 24.2 Å². The molecule has 0 aromatic heterocycles. The summed E-state index contributed by atoms with van der Waals surface area (Å²) in [6, 6.07) is 5.80. The van der Waals surface area contributed by atoms with E-state index in [-0.39, 0.29) is 6.04 Å². The van der Waals surface area contributed by atoms with Gasteiger partial charge in [0.15, 0.2) is 0 Å². The van der Waals surface area contributed by atoms with Crippen molar-refractivity contribution < 1.29 is 0 Å². The lowest BCUT2D eigenvalue weighted by Crippen LogP contribution is -2.55. The summed E-state index contributed by atoms with van der Waals surface area (Å²) in [4.78, 5) is 2.14. The Hall–Kier alpha value is -0.440. The summed E-state index contributed by atoms with van der Waals surface area (Å²) in [6.45, 7) is 1.75. The second-order valence-corrected chi connectivity index (χ2v) is 4.10. The van der Waals surface area contributed by atoms with Crippen LogP contribution in [0.25, 0.3) is 0 Å². The van der Waals surface area contributed by atoms with Crippen molar-refractivity contribution in [3.05, 3.63) is 28.2 Å². The number of nitrogens with two attached hydrogens (primary N) is 1. The molecular formula is C9H10Cl2N2. The van der Waals surface area contributed by atoms with E-state index in [4.69, 9.17) is 28.9 Å². The Morgan fingerprint density at radius 2 is 2.00 bits per heavy atom. The Bertz CT molecular complexity index is 321. The Labute approximate surface area is 87.2 Å². The molecule has 1 aromatic rings. The highest BCUT2D eigenvalue weighted by Gasteiger charge is 2.24. The molecule has 13 heavy (non-hydrogen) atoms. The minimum Gasteiger partial charge on any atom is -0.367 e. The van der Waals surface area contributed by atoms with Gasteiger partial charge in [-0.25, -0.2) is 0 Å². The molecule has 0 unspecified atom stereocenters. The van der Waals surface area contributed by atoms with Crippen LogP contribution in [0.15, 0.2) is 18.2 Å². The predicted molar refractivity (Wildman–Crippen MR) is 56.7 cm³/mol. The molecule has 0 atom stereocenters. The number of rotatable bonds is 1. The van der Waals surface area contributed by atoms with Crippen molar-refractivity contribution in [1.82, 2.24) is 0 Å². The molecule has 1 heterocycles. The van der Waals surface area contributed by atoms with Crippen LogP contribution in [-0.4, -0.2) is 19.1 Å². The topological polar surface area (TPSA) is 29.3 Å².